The summed E-state index contributed by atoms with van der Waals surface area (Å²) < 4.78 is 17.1. The van der Waals surface area contributed by atoms with Gasteiger partial charge in [-0.3, -0.25) is 9.59 Å². The van der Waals surface area contributed by atoms with E-state index >= 15 is 0 Å². The minimum atomic E-state index is -1.44. The zero-order valence-corrected chi connectivity index (χ0v) is 35.2. The standard InChI is InChI=1S/C45H87NO8/c1-3-5-7-9-11-13-15-17-18-19-20-22-24-26-28-30-32-34-42(48)53-38(35-39-43(49)45(51)44(50)40(36-46)54-39)37-52-41(47)33-31-29-27-25-23-21-16-14-12-10-8-6-4-2/h38-40,43-45,49-51H,3-37,46H2,1-2H3/t38?,39-,40+,43-,44+,45+/m0/s1. The molecule has 6 atom stereocenters. The van der Waals surface area contributed by atoms with Gasteiger partial charge in [-0.1, -0.05) is 194 Å². The number of carbonyl (C=O) groups excluding carboxylic acids is 2. The molecule has 1 aliphatic heterocycles. The fraction of sp³-hybridized carbons (Fsp3) is 0.956. The number of hydrogen-bond acceptors (Lipinski definition) is 9. The van der Waals surface area contributed by atoms with Crippen molar-refractivity contribution in [1.82, 2.24) is 0 Å². The van der Waals surface area contributed by atoms with Gasteiger partial charge in [0.05, 0.1) is 12.2 Å². The molecule has 9 heteroatoms. The molecule has 0 aliphatic carbocycles. The number of rotatable bonds is 38. The van der Waals surface area contributed by atoms with Gasteiger partial charge in [-0.15, -0.1) is 0 Å². The number of esters is 2. The molecule has 1 saturated heterocycles. The van der Waals surface area contributed by atoms with Gasteiger partial charge in [0.2, 0.25) is 0 Å². The fourth-order valence-electron chi connectivity index (χ4n) is 7.61. The first kappa shape index (κ1) is 50.8. The van der Waals surface area contributed by atoms with Gasteiger partial charge in [-0.2, -0.15) is 0 Å². The maximum atomic E-state index is 12.9. The second kappa shape index (κ2) is 36.1. The van der Waals surface area contributed by atoms with E-state index in [1.807, 2.05) is 0 Å². The highest BCUT2D eigenvalue weighted by atomic mass is 16.6. The largest absolute Gasteiger partial charge is 0.462 e. The number of aliphatic hydroxyl groups is 3. The van der Waals surface area contributed by atoms with Crippen molar-refractivity contribution < 1.29 is 39.1 Å². The number of aliphatic hydroxyl groups excluding tert-OH is 3. The summed E-state index contributed by atoms with van der Waals surface area (Å²) in [6.45, 7) is 4.32. The van der Waals surface area contributed by atoms with E-state index in [2.05, 4.69) is 13.8 Å². The molecule has 0 bridgehead atoms. The van der Waals surface area contributed by atoms with Crippen LogP contribution in [0.5, 0.6) is 0 Å². The summed E-state index contributed by atoms with van der Waals surface area (Å²) >= 11 is 0. The zero-order chi connectivity index (χ0) is 39.5. The molecule has 0 saturated carbocycles. The Bertz CT molecular complexity index is 858. The lowest BCUT2D eigenvalue weighted by Gasteiger charge is -2.41. The van der Waals surface area contributed by atoms with Gasteiger partial charge < -0.3 is 35.3 Å². The smallest absolute Gasteiger partial charge is 0.306 e. The van der Waals surface area contributed by atoms with Crippen LogP contribution in [-0.4, -0.2) is 77.0 Å². The van der Waals surface area contributed by atoms with Crippen LogP contribution < -0.4 is 5.73 Å². The molecule has 54 heavy (non-hydrogen) atoms. The quantitative estimate of drug-likeness (QED) is 0.0356. The van der Waals surface area contributed by atoms with Gasteiger partial charge in [-0.25, -0.2) is 0 Å². The lowest BCUT2D eigenvalue weighted by molar-refractivity contribution is -0.227. The Morgan fingerprint density at radius 3 is 1.20 bits per heavy atom. The van der Waals surface area contributed by atoms with Crippen LogP contribution in [0.3, 0.4) is 0 Å². The highest BCUT2D eigenvalue weighted by Gasteiger charge is 2.44. The minimum Gasteiger partial charge on any atom is -0.462 e. The average Bonchev–Trinajstić information content (AvgIpc) is 3.17. The van der Waals surface area contributed by atoms with Crippen LogP contribution >= 0.6 is 0 Å². The Hall–Kier alpha value is -1.26. The van der Waals surface area contributed by atoms with E-state index in [1.54, 1.807) is 0 Å². The highest BCUT2D eigenvalue weighted by molar-refractivity contribution is 5.70. The lowest BCUT2D eigenvalue weighted by Crippen LogP contribution is -2.60. The molecule has 1 aliphatic rings. The number of nitrogens with two attached hydrogens (primary N) is 1. The Kier molecular flexibility index (Phi) is 33.9. The molecule has 5 N–H and O–H groups in total. The monoisotopic (exact) mass is 770 g/mol. The van der Waals surface area contributed by atoms with Crippen molar-refractivity contribution in [3.05, 3.63) is 0 Å². The molecule has 0 spiro atoms. The topological polar surface area (TPSA) is 149 Å². The number of unbranched alkanes of at least 4 members (excludes halogenated alkanes) is 28. The molecule has 1 fully saturated rings. The van der Waals surface area contributed by atoms with Crippen LogP contribution in [-0.2, 0) is 23.8 Å². The molecule has 0 aromatic rings. The Labute approximate surface area is 331 Å². The van der Waals surface area contributed by atoms with Crippen LogP contribution in [0.25, 0.3) is 0 Å². The van der Waals surface area contributed by atoms with Crippen molar-refractivity contribution in [2.45, 2.75) is 262 Å². The van der Waals surface area contributed by atoms with Crippen LogP contribution in [0, 0.1) is 0 Å². The van der Waals surface area contributed by atoms with Crippen molar-refractivity contribution in [2.75, 3.05) is 13.2 Å². The molecular weight excluding hydrogens is 682 g/mol. The maximum Gasteiger partial charge on any atom is 0.306 e. The van der Waals surface area contributed by atoms with E-state index in [0.717, 1.165) is 38.5 Å². The number of ether oxygens (including phenoxy) is 3. The SMILES string of the molecule is CCCCCCCCCCCCCCCCCCCC(=O)OC(COC(=O)CCCCCCCCCCCCCCC)C[C@@H]1O[C@H](CN)[C@@H](O)[C@H](O)[C@H]1O. The summed E-state index contributed by atoms with van der Waals surface area (Å²) in [5.41, 5.74) is 5.72. The van der Waals surface area contributed by atoms with Crippen molar-refractivity contribution in [1.29, 1.82) is 0 Å². The minimum absolute atomic E-state index is 0.0122. The Morgan fingerprint density at radius 1 is 0.500 bits per heavy atom. The Balaban J connectivity index is 2.29. The van der Waals surface area contributed by atoms with Crippen LogP contribution in [0.15, 0.2) is 0 Å². The molecule has 1 heterocycles. The summed E-state index contributed by atoms with van der Waals surface area (Å²) in [6.07, 6.45) is 31.3. The van der Waals surface area contributed by atoms with E-state index < -0.39 is 36.6 Å². The Morgan fingerprint density at radius 2 is 0.833 bits per heavy atom. The van der Waals surface area contributed by atoms with Crippen LogP contribution in [0.2, 0.25) is 0 Å². The summed E-state index contributed by atoms with van der Waals surface area (Å²) in [4.78, 5) is 25.4. The molecule has 0 aromatic heterocycles. The third kappa shape index (κ3) is 27.4. The first-order chi connectivity index (χ1) is 26.3. The van der Waals surface area contributed by atoms with Gasteiger partial charge in [0.25, 0.3) is 0 Å². The predicted molar refractivity (Wildman–Crippen MR) is 220 cm³/mol. The molecule has 1 rings (SSSR count). The average molecular weight is 770 g/mol. The van der Waals surface area contributed by atoms with E-state index in [0.29, 0.717) is 6.42 Å². The van der Waals surface area contributed by atoms with E-state index in [-0.39, 0.29) is 37.9 Å². The number of carbonyl (C=O) groups is 2. The summed E-state index contributed by atoms with van der Waals surface area (Å²) in [5.74, 6) is -0.720. The van der Waals surface area contributed by atoms with Gasteiger partial charge in [0.1, 0.15) is 31.0 Å². The second-order valence-electron chi connectivity index (χ2n) is 16.4. The maximum absolute atomic E-state index is 12.9. The summed E-state index contributed by atoms with van der Waals surface area (Å²) in [7, 11) is 0. The molecule has 0 aromatic carbocycles. The van der Waals surface area contributed by atoms with Gasteiger partial charge in [0.15, 0.2) is 0 Å². The van der Waals surface area contributed by atoms with Gasteiger partial charge >= 0.3 is 11.9 Å². The highest BCUT2D eigenvalue weighted by Crippen LogP contribution is 2.25. The van der Waals surface area contributed by atoms with Crippen molar-refractivity contribution in [2.24, 2.45) is 5.73 Å². The summed E-state index contributed by atoms with van der Waals surface area (Å²) in [5, 5.41) is 31.2. The molecule has 9 nitrogen and oxygen atoms in total. The molecule has 0 amide bonds. The molecule has 1 unspecified atom stereocenters. The van der Waals surface area contributed by atoms with Gasteiger partial charge in [-0.05, 0) is 12.8 Å². The molecular formula is C45H87NO8. The first-order valence-electron chi connectivity index (χ1n) is 23.1. The van der Waals surface area contributed by atoms with Crippen molar-refractivity contribution >= 4 is 11.9 Å². The summed E-state index contributed by atoms with van der Waals surface area (Å²) in [6, 6.07) is 0. The normalized spacial score (nSPS) is 20.6. The van der Waals surface area contributed by atoms with Crippen LogP contribution in [0.4, 0.5) is 0 Å². The fourth-order valence-corrected chi connectivity index (χ4v) is 7.61. The first-order valence-corrected chi connectivity index (χ1v) is 23.1. The van der Waals surface area contributed by atoms with Crippen molar-refractivity contribution in [3.63, 3.8) is 0 Å². The third-order valence-electron chi connectivity index (χ3n) is 11.2. The van der Waals surface area contributed by atoms with Crippen LogP contribution in [0.1, 0.15) is 226 Å². The zero-order valence-electron chi connectivity index (χ0n) is 35.2. The van der Waals surface area contributed by atoms with E-state index in [9.17, 15) is 24.9 Å². The van der Waals surface area contributed by atoms with E-state index in [4.69, 9.17) is 19.9 Å². The van der Waals surface area contributed by atoms with E-state index in [1.165, 1.54) is 154 Å². The second-order valence-corrected chi connectivity index (χ2v) is 16.4. The molecule has 0 radical (unpaired) electrons. The van der Waals surface area contributed by atoms with Crippen molar-refractivity contribution in [3.8, 4) is 0 Å². The third-order valence-corrected chi connectivity index (χ3v) is 11.2. The number of hydrogen-bond donors (Lipinski definition) is 4. The lowest BCUT2D eigenvalue weighted by atomic mass is 9.92. The predicted octanol–water partition coefficient (Wildman–Crippen LogP) is 10.2. The molecule has 320 valence electrons. The van der Waals surface area contributed by atoms with Gasteiger partial charge in [0, 0.05) is 25.8 Å².